The van der Waals surface area contributed by atoms with E-state index in [9.17, 15) is 8.78 Å². The van der Waals surface area contributed by atoms with Crippen LogP contribution in [0.1, 0.15) is 25.3 Å². The van der Waals surface area contributed by atoms with E-state index in [1.54, 1.807) is 12.1 Å². The summed E-state index contributed by atoms with van der Waals surface area (Å²) in [6, 6.07) is 16.7. The van der Waals surface area contributed by atoms with E-state index in [-0.39, 0.29) is 11.7 Å². The van der Waals surface area contributed by atoms with Gasteiger partial charge in [0.15, 0.2) is 0 Å². The second kappa shape index (κ2) is 5.48. The predicted octanol–water partition coefficient (Wildman–Crippen LogP) is 4.91. The van der Waals surface area contributed by atoms with E-state index < -0.39 is 6.61 Å². The van der Waals surface area contributed by atoms with E-state index in [0.717, 1.165) is 33.6 Å². The molecule has 1 aliphatic heterocycles. The summed E-state index contributed by atoms with van der Waals surface area (Å²) in [4.78, 5) is 0. The van der Waals surface area contributed by atoms with Gasteiger partial charge in [0.1, 0.15) is 11.4 Å². The standard InChI is InChI=1S/C20H17F2NO/c1-12-13(2)23-10-9-14-5-3-4-6-16(14)19(23)17-8-7-15(11-18(12)17)24-20(21)22/h3-12,20H,1-2H3. The molecule has 3 aromatic rings. The molecule has 1 aliphatic rings. The fraction of sp³-hybridized carbons (Fsp3) is 0.200. The summed E-state index contributed by atoms with van der Waals surface area (Å²) in [5.41, 5.74) is 3.18. The molecule has 0 saturated carbocycles. The zero-order valence-corrected chi connectivity index (χ0v) is 13.5. The Labute approximate surface area is 139 Å². The van der Waals surface area contributed by atoms with Gasteiger partial charge in [-0.05, 0) is 47.0 Å². The number of hydrogen-bond donors (Lipinski definition) is 0. The first-order valence-electron chi connectivity index (χ1n) is 7.92. The molecule has 2 heterocycles. The predicted molar refractivity (Wildman–Crippen MR) is 88.9 cm³/mol. The van der Waals surface area contributed by atoms with Crippen molar-refractivity contribution in [3.63, 3.8) is 0 Å². The molecule has 1 atom stereocenters. The number of fused-ring (bicyclic) bond motifs is 5. The van der Waals surface area contributed by atoms with Crippen molar-refractivity contribution in [2.45, 2.75) is 26.4 Å². The summed E-state index contributed by atoms with van der Waals surface area (Å²) in [6.07, 6.45) is 2.08. The molecule has 0 amide bonds. The lowest BCUT2D eigenvalue weighted by atomic mass is 9.83. The van der Waals surface area contributed by atoms with E-state index in [4.69, 9.17) is 0 Å². The van der Waals surface area contributed by atoms with Gasteiger partial charge in [-0.3, -0.25) is 0 Å². The zero-order valence-electron chi connectivity index (χ0n) is 13.5. The average molecular weight is 325 g/mol. The van der Waals surface area contributed by atoms with Crippen molar-refractivity contribution in [2.24, 2.45) is 0 Å². The summed E-state index contributed by atoms with van der Waals surface area (Å²) in [7, 11) is 0. The average Bonchev–Trinajstić information content (AvgIpc) is 2.58. The van der Waals surface area contributed by atoms with Gasteiger partial charge in [-0.15, -0.1) is 0 Å². The van der Waals surface area contributed by atoms with Crippen LogP contribution in [-0.2, 0) is 0 Å². The Morgan fingerprint density at radius 3 is 2.71 bits per heavy atom. The monoisotopic (exact) mass is 325 g/mol. The maximum Gasteiger partial charge on any atom is 0.387 e. The first-order valence-corrected chi connectivity index (χ1v) is 7.92. The van der Waals surface area contributed by atoms with E-state index in [2.05, 4.69) is 47.5 Å². The van der Waals surface area contributed by atoms with Crippen LogP contribution in [0.5, 0.6) is 5.75 Å². The summed E-state index contributed by atoms with van der Waals surface area (Å²) in [6.45, 7) is 1.35. The molecule has 2 nitrogen and oxygen atoms in total. The Kier molecular flexibility index (Phi) is 3.41. The Balaban J connectivity index is 1.99. The molecular formula is C20H17F2NO. The van der Waals surface area contributed by atoms with Crippen LogP contribution in [0.4, 0.5) is 8.78 Å². The summed E-state index contributed by atoms with van der Waals surface area (Å²) < 4.78 is 31.9. The second-order valence-corrected chi connectivity index (χ2v) is 6.11. The molecule has 0 radical (unpaired) electrons. The first kappa shape index (κ1) is 14.9. The molecule has 0 aliphatic carbocycles. The number of rotatable bonds is 2. The van der Waals surface area contributed by atoms with Gasteiger partial charge in [-0.2, -0.15) is 8.78 Å². The molecule has 2 aromatic carbocycles. The molecule has 0 spiro atoms. The smallest absolute Gasteiger partial charge is 0.387 e. The number of ether oxygens (including phenoxy) is 1. The summed E-state index contributed by atoms with van der Waals surface area (Å²) in [5, 5.41) is 2.31. The molecule has 4 heteroatoms. The largest absolute Gasteiger partial charge is 0.435 e. The van der Waals surface area contributed by atoms with Crippen LogP contribution in [0.25, 0.3) is 22.0 Å². The molecule has 0 N–H and O–H groups in total. The van der Waals surface area contributed by atoms with E-state index in [1.807, 2.05) is 18.2 Å². The molecule has 0 bridgehead atoms. The summed E-state index contributed by atoms with van der Waals surface area (Å²) in [5.74, 6) is 0.331. The van der Waals surface area contributed by atoms with Crippen LogP contribution in [-0.4, -0.2) is 6.61 Å². The molecule has 122 valence electrons. The lowest BCUT2D eigenvalue weighted by Crippen LogP contribution is -2.46. The highest BCUT2D eigenvalue weighted by Gasteiger charge is 2.30. The number of aromatic nitrogens is 1. The fourth-order valence-electron chi connectivity index (χ4n) is 3.51. The third-order valence-corrected chi connectivity index (χ3v) is 4.84. The highest BCUT2D eigenvalue weighted by molar-refractivity contribution is 5.94. The van der Waals surface area contributed by atoms with Crippen molar-refractivity contribution in [1.29, 1.82) is 0 Å². The Morgan fingerprint density at radius 2 is 1.92 bits per heavy atom. The fourth-order valence-corrected chi connectivity index (χ4v) is 3.51. The Morgan fingerprint density at radius 1 is 1.12 bits per heavy atom. The maximum absolute atomic E-state index is 12.5. The topological polar surface area (TPSA) is 13.1 Å². The van der Waals surface area contributed by atoms with E-state index in [0.29, 0.717) is 0 Å². The van der Waals surface area contributed by atoms with Gasteiger partial charge in [-0.25, -0.2) is 0 Å². The maximum atomic E-state index is 12.5. The van der Waals surface area contributed by atoms with Crippen molar-refractivity contribution in [2.75, 3.05) is 0 Å². The van der Waals surface area contributed by atoms with Crippen LogP contribution in [0.3, 0.4) is 0 Å². The third-order valence-electron chi connectivity index (χ3n) is 4.84. The van der Waals surface area contributed by atoms with Crippen molar-refractivity contribution in [3.8, 4) is 17.0 Å². The quantitative estimate of drug-likeness (QED) is 0.482. The van der Waals surface area contributed by atoms with Crippen LogP contribution in [0.2, 0.25) is 0 Å². The van der Waals surface area contributed by atoms with Crippen molar-refractivity contribution in [1.82, 2.24) is 0 Å². The van der Waals surface area contributed by atoms with Gasteiger partial charge < -0.3 is 9.30 Å². The van der Waals surface area contributed by atoms with Crippen LogP contribution in [0.15, 0.2) is 54.7 Å². The second-order valence-electron chi connectivity index (χ2n) is 6.11. The number of alkyl halides is 2. The van der Waals surface area contributed by atoms with E-state index in [1.165, 1.54) is 0 Å². The normalized spacial score (nSPS) is 16.2. The van der Waals surface area contributed by atoms with Gasteiger partial charge in [0, 0.05) is 5.92 Å². The molecule has 1 unspecified atom stereocenters. The Hall–Kier alpha value is -2.62. The van der Waals surface area contributed by atoms with Gasteiger partial charge in [-0.1, -0.05) is 37.3 Å². The van der Waals surface area contributed by atoms with Gasteiger partial charge >= 0.3 is 6.61 Å². The van der Waals surface area contributed by atoms with Gasteiger partial charge in [0.2, 0.25) is 0 Å². The van der Waals surface area contributed by atoms with E-state index >= 15 is 0 Å². The minimum absolute atomic E-state index is 0.125. The van der Waals surface area contributed by atoms with Crippen LogP contribution >= 0.6 is 0 Å². The molecule has 24 heavy (non-hydrogen) atoms. The number of nitrogens with zero attached hydrogens (tertiary/aromatic N) is 1. The minimum atomic E-state index is -2.81. The number of pyridine rings is 1. The van der Waals surface area contributed by atoms with Crippen LogP contribution < -0.4 is 9.30 Å². The Bertz CT molecular complexity index is 923. The molecule has 0 saturated heterocycles. The highest BCUT2D eigenvalue weighted by Crippen LogP contribution is 2.41. The van der Waals surface area contributed by atoms with Crippen molar-refractivity contribution >= 4 is 10.8 Å². The lowest BCUT2D eigenvalue weighted by Gasteiger charge is -2.33. The van der Waals surface area contributed by atoms with Gasteiger partial charge in [0.25, 0.3) is 0 Å². The number of halogens is 2. The lowest BCUT2D eigenvalue weighted by molar-refractivity contribution is -0.649. The first-order chi connectivity index (χ1) is 11.6. The SMILES string of the molecule is C[C-]1C(C)c2cc(OC(F)F)ccc2-c2c3ccccc3cc[n+]21. The zero-order chi connectivity index (χ0) is 16.8. The molecule has 1 aromatic heterocycles. The van der Waals surface area contributed by atoms with Crippen molar-refractivity contribution in [3.05, 3.63) is 66.3 Å². The highest BCUT2D eigenvalue weighted by atomic mass is 19.3. The minimum Gasteiger partial charge on any atom is -0.435 e. The third kappa shape index (κ3) is 2.21. The van der Waals surface area contributed by atoms with Crippen molar-refractivity contribution < 1.29 is 18.1 Å². The number of benzene rings is 2. The van der Waals surface area contributed by atoms with Crippen LogP contribution in [0, 0.1) is 6.04 Å². The number of hydrogen-bond acceptors (Lipinski definition) is 1. The molecule has 0 fully saturated rings. The molecule has 4 rings (SSSR count). The van der Waals surface area contributed by atoms with Gasteiger partial charge in [0.05, 0.1) is 12.2 Å². The summed E-state index contributed by atoms with van der Waals surface area (Å²) >= 11 is 0. The molecular weight excluding hydrogens is 308 g/mol.